The highest BCUT2D eigenvalue weighted by Crippen LogP contribution is 2.22. The van der Waals surface area contributed by atoms with Gasteiger partial charge < -0.3 is 5.32 Å². The first-order valence-corrected chi connectivity index (χ1v) is 8.63. The summed E-state index contributed by atoms with van der Waals surface area (Å²) in [6.45, 7) is 9.09. The first kappa shape index (κ1) is 16.3. The second-order valence-electron chi connectivity index (χ2n) is 5.92. The largest absolute Gasteiger partial charge is 0.311 e. The fourth-order valence-electron chi connectivity index (χ4n) is 2.88. The van der Waals surface area contributed by atoms with E-state index in [9.17, 15) is 0 Å². The average molecular weight is 360 g/mol. The Bertz CT molecular complexity index is 430. The highest BCUT2D eigenvalue weighted by molar-refractivity contribution is 9.10. The van der Waals surface area contributed by atoms with Crippen molar-refractivity contribution in [3.05, 3.63) is 33.3 Å². The van der Waals surface area contributed by atoms with Gasteiger partial charge in [-0.1, -0.05) is 47.4 Å². The molecule has 0 aromatic heterocycles. The fourth-order valence-corrected chi connectivity index (χ4v) is 3.70. The summed E-state index contributed by atoms with van der Waals surface area (Å²) in [5.41, 5.74) is 1.26. The van der Waals surface area contributed by atoms with Gasteiger partial charge in [-0.2, -0.15) is 0 Å². The Labute approximate surface area is 136 Å². The monoisotopic (exact) mass is 358 g/mol. The van der Waals surface area contributed by atoms with E-state index in [0.717, 1.165) is 22.6 Å². The van der Waals surface area contributed by atoms with Crippen molar-refractivity contribution < 1.29 is 0 Å². The lowest BCUT2D eigenvalue weighted by Gasteiger charge is -2.31. The third-order valence-electron chi connectivity index (χ3n) is 4.06. The van der Waals surface area contributed by atoms with Crippen molar-refractivity contribution in [1.82, 2.24) is 10.2 Å². The van der Waals surface area contributed by atoms with Gasteiger partial charge in [0.1, 0.15) is 0 Å². The van der Waals surface area contributed by atoms with Gasteiger partial charge in [-0.3, -0.25) is 4.90 Å². The van der Waals surface area contributed by atoms with Crippen LogP contribution < -0.4 is 5.32 Å². The van der Waals surface area contributed by atoms with E-state index in [1.54, 1.807) is 0 Å². The van der Waals surface area contributed by atoms with Gasteiger partial charge in [0.2, 0.25) is 0 Å². The van der Waals surface area contributed by atoms with Gasteiger partial charge in [0.05, 0.1) is 0 Å². The van der Waals surface area contributed by atoms with Crippen molar-refractivity contribution in [1.29, 1.82) is 0 Å². The lowest BCUT2D eigenvalue weighted by Crippen LogP contribution is -2.44. The maximum absolute atomic E-state index is 5.97. The number of nitrogens with zero attached hydrogens (tertiary/aromatic N) is 1. The van der Waals surface area contributed by atoms with Gasteiger partial charge in [0.15, 0.2) is 0 Å². The maximum Gasteiger partial charge on any atom is 0.0417 e. The number of benzene rings is 1. The predicted octanol–water partition coefficient (Wildman–Crippen LogP) is 4.31. The van der Waals surface area contributed by atoms with Crippen LogP contribution in [0.5, 0.6) is 0 Å². The van der Waals surface area contributed by atoms with Gasteiger partial charge in [-0.25, -0.2) is 0 Å². The van der Waals surface area contributed by atoms with E-state index < -0.39 is 0 Å². The van der Waals surface area contributed by atoms with Crippen molar-refractivity contribution in [3.63, 3.8) is 0 Å². The number of hydrogen-bond acceptors (Lipinski definition) is 2. The van der Waals surface area contributed by atoms with Crippen LogP contribution in [0, 0.1) is 5.92 Å². The van der Waals surface area contributed by atoms with Crippen LogP contribution >= 0.6 is 27.5 Å². The second kappa shape index (κ2) is 7.79. The molecule has 1 fully saturated rings. The van der Waals surface area contributed by atoms with Crippen LogP contribution in [-0.2, 0) is 6.54 Å². The van der Waals surface area contributed by atoms with Crippen LogP contribution in [0.2, 0.25) is 5.02 Å². The van der Waals surface area contributed by atoms with Gasteiger partial charge >= 0.3 is 0 Å². The lowest BCUT2D eigenvalue weighted by molar-refractivity contribution is 0.186. The van der Waals surface area contributed by atoms with E-state index in [1.807, 2.05) is 12.1 Å². The number of nitrogens with one attached hydrogen (secondary N) is 1. The van der Waals surface area contributed by atoms with Crippen LogP contribution in [0.1, 0.15) is 32.3 Å². The van der Waals surface area contributed by atoms with Gasteiger partial charge in [0, 0.05) is 28.6 Å². The molecule has 112 valence electrons. The van der Waals surface area contributed by atoms with E-state index in [-0.39, 0.29) is 0 Å². The number of halogens is 2. The van der Waals surface area contributed by atoms with Gasteiger partial charge in [0.25, 0.3) is 0 Å². The third kappa shape index (κ3) is 4.45. The quantitative estimate of drug-likeness (QED) is 0.814. The number of rotatable bonds is 6. The van der Waals surface area contributed by atoms with Crippen molar-refractivity contribution in [2.24, 2.45) is 5.92 Å². The Kier molecular flexibility index (Phi) is 6.34. The molecule has 1 aromatic rings. The SMILES string of the molecule is CC(C)C(CNCc1ccc(Cl)cc1Br)N1CCCC1. The first-order chi connectivity index (χ1) is 9.58. The molecule has 1 aromatic carbocycles. The molecule has 20 heavy (non-hydrogen) atoms. The summed E-state index contributed by atoms with van der Waals surface area (Å²) in [7, 11) is 0. The summed E-state index contributed by atoms with van der Waals surface area (Å²) in [4.78, 5) is 2.63. The minimum Gasteiger partial charge on any atom is -0.311 e. The van der Waals surface area contributed by atoms with Crippen molar-refractivity contribution in [2.75, 3.05) is 19.6 Å². The molecule has 1 unspecified atom stereocenters. The number of likely N-dealkylation sites (tertiary alicyclic amines) is 1. The van der Waals surface area contributed by atoms with Crippen LogP contribution in [0.4, 0.5) is 0 Å². The molecule has 2 rings (SSSR count). The predicted molar refractivity (Wildman–Crippen MR) is 90.3 cm³/mol. The molecule has 0 spiro atoms. The Morgan fingerprint density at radius 1 is 1.30 bits per heavy atom. The first-order valence-electron chi connectivity index (χ1n) is 7.46. The normalized spacial score (nSPS) is 17.9. The van der Waals surface area contributed by atoms with E-state index in [2.05, 4.69) is 46.1 Å². The molecule has 1 heterocycles. The summed E-state index contributed by atoms with van der Waals surface area (Å²) in [5.74, 6) is 0.689. The highest BCUT2D eigenvalue weighted by atomic mass is 79.9. The molecule has 0 saturated carbocycles. The summed E-state index contributed by atoms with van der Waals surface area (Å²) >= 11 is 9.55. The van der Waals surface area contributed by atoms with Crippen molar-refractivity contribution in [3.8, 4) is 0 Å². The molecule has 0 radical (unpaired) electrons. The molecule has 0 bridgehead atoms. The summed E-state index contributed by atoms with van der Waals surface area (Å²) in [6.07, 6.45) is 2.71. The van der Waals surface area contributed by atoms with Crippen LogP contribution in [0.3, 0.4) is 0 Å². The van der Waals surface area contributed by atoms with E-state index in [1.165, 1.54) is 31.5 Å². The van der Waals surface area contributed by atoms with E-state index in [4.69, 9.17) is 11.6 Å². The summed E-state index contributed by atoms with van der Waals surface area (Å²) in [6, 6.07) is 6.63. The molecule has 1 saturated heterocycles. The molecule has 1 aliphatic rings. The lowest BCUT2D eigenvalue weighted by atomic mass is 10.0. The molecule has 0 aliphatic carbocycles. The van der Waals surface area contributed by atoms with Crippen LogP contribution in [0.25, 0.3) is 0 Å². The molecule has 1 atom stereocenters. The minimum atomic E-state index is 0.642. The van der Waals surface area contributed by atoms with Crippen LogP contribution in [0.15, 0.2) is 22.7 Å². The molecule has 0 amide bonds. The van der Waals surface area contributed by atoms with Crippen LogP contribution in [-0.4, -0.2) is 30.6 Å². The van der Waals surface area contributed by atoms with Gasteiger partial charge in [-0.05, 0) is 49.5 Å². The third-order valence-corrected chi connectivity index (χ3v) is 5.04. The average Bonchev–Trinajstić information content (AvgIpc) is 2.90. The molecular formula is C16H24BrClN2. The molecular weight excluding hydrogens is 336 g/mol. The summed E-state index contributed by atoms with van der Waals surface area (Å²) in [5, 5.41) is 4.38. The Morgan fingerprint density at radius 2 is 2.00 bits per heavy atom. The molecule has 1 aliphatic heterocycles. The molecule has 2 nitrogen and oxygen atoms in total. The minimum absolute atomic E-state index is 0.642. The number of hydrogen-bond donors (Lipinski definition) is 1. The topological polar surface area (TPSA) is 15.3 Å². The van der Waals surface area contributed by atoms with Crippen molar-refractivity contribution in [2.45, 2.75) is 39.3 Å². The van der Waals surface area contributed by atoms with Crippen molar-refractivity contribution >= 4 is 27.5 Å². The Hall–Kier alpha value is -0.0900. The molecule has 1 N–H and O–H groups in total. The van der Waals surface area contributed by atoms with E-state index >= 15 is 0 Å². The highest BCUT2D eigenvalue weighted by Gasteiger charge is 2.23. The van der Waals surface area contributed by atoms with Gasteiger partial charge in [-0.15, -0.1) is 0 Å². The Balaban J connectivity index is 1.86. The smallest absolute Gasteiger partial charge is 0.0417 e. The van der Waals surface area contributed by atoms with E-state index in [0.29, 0.717) is 12.0 Å². The zero-order valence-electron chi connectivity index (χ0n) is 12.3. The molecule has 4 heteroatoms. The second-order valence-corrected chi connectivity index (χ2v) is 7.21. The zero-order valence-corrected chi connectivity index (χ0v) is 14.7. The Morgan fingerprint density at radius 3 is 2.60 bits per heavy atom. The summed E-state index contributed by atoms with van der Waals surface area (Å²) < 4.78 is 1.08. The standard InChI is InChI=1S/C16H24BrClN2/c1-12(2)16(20-7-3-4-8-20)11-19-10-13-5-6-14(18)9-15(13)17/h5-6,9,12,16,19H,3-4,7-8,10-11H2,1-2H3. The zero-order chi connectivity index (χ0) is 14.5. The maximum atomic E-state index is 5.97. The fraction of sp³-hybridized carbons (Fsp3) is 0.625.